The number of thioether (sulfide) groups is 1. The molecule has 0 fully saturated rings. The van der Waals surface area contributed by atoms with Crippen LogP contribution in [0, 0.1) is 0 Å². The van der Waals surface area contributed by atoms with Crippen molar-refractivity contribution >= 4 is 34.1 Å². The number of aromatic nitrogens is 4. The fourth-order valence-electron chi connectivity index (χ4n) is 1.64. The van der Waals surface area contributed by atoms with Crippen LogP contribution < -0.4 is 10.9 Å². The van der Waals surface area contributed by atoms with E-state index in [9.17, 15) is 14.7 Å². The Balaban J connectivity index is 2.07. The molecule has 23 heavy (non-hydrogen) atoms. The van der Waals surface area contributed by atoms with E-state index >= 15 is 0 Å². The molecule has 10 heteroatoms. The van der Waals surface area contributed by atoms with Crippen LogP contribution in [0.2, 0.25) is 0 Å². The molecule has 1 atom stereocenters. The summed E-state index contributed by atoms with van der Waals surface area (Å²) in [6.45, 7) is 5.85. The van der Waals surface area contributed by atoms with Gasteiger partial charge in [-0.1, -0.05) is 43.9 Å². The van der Waals surface area contributed by atoms with Gasteiger partial charge in [0.05, 0.1) is 11.3 Å². The first-order valence-corrected chi connectivity index (χ1v) is 8.70. The molecular weight excluding hydrogens is 338 g/mol. The Morgan fingerprint density at radius 2 is 2.22 bits per heavy atom. The Morgan fingerprint density at radius 1 is 1.48 bits per heavy atom. The zero-order chi connectivity index (χ0) is 17.0. The Bertz CT molecular complexity index is 743. The molecular formula is C13H17N5O3S2. The summed E-state index contributed by atoms with van der Waals surface area (Å²) < 4.78 is 0. The van der Waals surface area contributed by atoms with Gasteiger partial charge in [0.2, 0.25) is 16.9 Å². The van der Waals surface area contributed by atoms with Gasteiger partial charge in [-0.05, 0) is 6.42 Å². The number of nitrogens with zero attached hydrogens (tertiary/aromatic N) is 3. The second-order valence-electron chi connectivity index (χ2n) is 5.01. The predicted molar refractivity (Wildman–Crippen MR) is 89.1 cm³/mol. The van der Waals surface area contributed by atoms with Crippen LogP contribution in [-0.4, -0.2) is 36.4 Å². The van der Waals surface area contributed by atoms with Gasteiger partial charge in [0, 0.05) is 5.92 Å². The number of anilines is 1. The molecule has 2 aromatic rings. The Morgan fingerprint density at radius 3 is 2.78 bits per heavy atom. The molecule has 0 aromatic carbocycles. The maximum Gasteiger partial charge on any atom is 0.255 e. The molecule has 0 aliphatic carbocycles. The molecule has 0 saturated heterocycles. The molecule has 0 radical (unpaired) electrons. The fraction of sp³-hybridized carbons (Fsp3) is 0.462. The van der Waals surface area contributed by atoms with E-state index in [0.717, 1.165) is 22.8 Å². The molecule has 2 aromatic heterocycles. The summed E-state index contributed by atoms with van der Waals surface area (Å²) in [5, 5.41) is 21.0. The number of rotatable bonds is 6. The first kappa shape index (κ1) is 17.4. The van der Waals surface area contributed by atoms with E-state index in [1.54, 1.807) is 0 Å². The van der Waals surface area contributed by atoms with Crippen LogP contribution in [0.3, 0.4) is 0 Å². The minimum Gasteiger partial charge on any atom is -0.493 e. The van der Waals surface area contributed by atoms with Crippen LogP contribution in [0.4, 0.5) is 5.13 Å². The van der Waals surface area contributed by atoms with Gasteiger partial charge in [0.15, 0.2) is 5.16 Å². The van der Waals surface area contributed by atoms with Crippen LogP contribution >= 0.6 is 23.1 Å². The molecule has 0 bridgehead atoms. The highest BCUT2D eigenvalue weighted by molar-refractivity contribution is 8.00. The molecule has 2 heterocycles. The summed E-state index contributed by atoms with van der Waals surface area (Å²) in [6.07, 6.45) is 0.520. The summed E-state index contributed by atoms with van der Waals surface area (Å²) >= 11 is 2.41. The number of hydrogen-bond donors (Lipinski definition) is 3. The van der Waals surface area contributed by atoms with Crippen molar-refractivity contribution in [3.05, 3.63) is 21.4 Å². The highest BCUT2D eigenvalue weighted by Crippen LogP contribution is 2.26. The molecule has 0 aliphatic heterocycles. The number of H-pyrrole nitrogens is 1. The van der Waals surface area contributed by atoms with Crippen LogP contribution in [0.15, 0.2) is 16.0 Å². The Kier molecular flexibility index (Phi) is 5.72. The van der Waals surface area contributed by atoms with E-state index in [-0.39, 0.29) is 22.9 Å². The minimum absolute atomic E-state index is 0.192. The molecule has 0 spiro atoms. The van der Waals surface area contributed by atoms with Gasteiger partial charge < -0.3 is 10.1 Å². The van der Waals surface area contributed by atoms with Gasteiger partial charge in [-0.25, -0.2) is 0 Å². The van der Waals surface area contributed by atoms with E-state index in [0.29, 0.717) is 11.6 Å². The largest absolute Gasteiger partial charge is 0.493 e. The summed E-state index contributed by atoms with van der Waals surface area (Å²) in [5.41, 5.74) is -0.471. The van der Waals surface area contributed by atoms with Crippen molar-refractivity contribution in [1.82, 2.24) is 20.2 Å². The molecule has 2 rings (SSSR count). The van der Waals surface area contributed by atoms with Crippen molar-refractivity contribution in [2.75, 3.05) is 5.32 Å². The van der Waals surface area contributed by atoms with Crippen LogP contribution in [-0.2, 0) is 4.79 Å². The number of aromatic hydroxyl groups is 1. The van der Waals surface area contributed by atoms with Crippen LogP contribution in [0.5, 0.6) is 5.88 Å². The lowest BCUT2D eigenvalue weighted by atomic mass is 10.2. The van der Waals surface area contributed by atoms with Crippen molar-refractivity contribution in [2.45, 2.75) is 43.5 Å². The second kappa shape index (κ2) is 7.55. The van der Waals surface area contributed by atoms with E-state index in [2.05, 4.69) is 25.5 Å². The SMILES string of the molecule is CC[C@@H](Sc1nc(O)cc(=O)[nH]1)C(=O)Nc1nnc(C(C)C)s1. The maximum absolute atomic E-state index is 12.3. The van der Waals surface area contributed by atoms with E-state index in [1.165, 1.54) is 11.3 Å². The number of hydrogen-bond acceptors (Lipinski definition) is 8. The monoisotopic (exact) mass is 355 g/mol. The van der Waals surface area contributed by atoms with Crippen LogP contribution in [0.1, 0.15) is 38.1 Å². The topological polar surface area (TPSA) is 121 Å². The normalized spacial score (nSPS) is 12.3. The van der Waals surface area contributed by atoms with E-state index in [4.69, 9.17) is 0 Å². The van der Waals surface area contributed by atoms with Gasteiger partial charge in [-0.3, -0.25) is 14.9 Å². The Hall–Kier alpha value is -1.94. The Labute approximate surface area is 140 Å². The van der Waals surface area contributed by atoms with E-state index < -0.39 is 10.8 Å². The quantitative estimate of drug-likeness (QED) is 0.535. The van der Waals surface area contributed by atoms with Gasteiger partial charge in [0.25, 0.3) is 5.56 Å². The second-order valence-corrected chi connectivity index (χ2v) is 7.21. The zero-order valence-electron chi connectivity index (χ0n) is 12.9. The average Bonchev–Trinajstić information content (AvgIpc) is 2.92. The molecule has 0 aliphatic rings. The number of aromatic amines is 1. The third-order valence-electron chi connectivity index (χ3n) is 2.79. The van der Waals surface area contributed by atoms with Gasteiger partial charge in [0.1, 0.15) is 5.01 Å². The number of carbonyl (C=O) groups excluding carboxylic acids is 1. The minimum atomic E-state index is -0.480. The highest BCUT2D eigenvalue weighted by atomic mass is 32.2. The van der Waals surface area contributed by atoms with Crippen LogP contribution in [0.25, 0.3) is 0 Å². The summed E-state index contributed by atoms with van der Waals surface area (Å²) in [6, 6.07) is 0.972. The predicted octanol–water partition coefficient (Wildman–Crippen LogP) is 1.96. The van der Waals surface area contributed by atoms with Crippen molar-refractivity contribution in [3.63, 3.8) is 0 Å². The van der Waals surface area contributed by atoms with Gasteiger partial charge in [-0.2, -0.15) is 4.98 Å². The molecule has 0 unspecified atom stereocenters. The van der Waals surface area contributed by atoms with Crippen molar-refractivity contribution in [2.24, 2.45) is 0 Å². The maximum atomic E-state index is 12.3. The first-order valence-electron chi connectivity index (χ1n) is 7.00. The third-order valence-corrected chi connectivity index (χ3v) is 5.18. The summed E-state index contributed by atoms with van der Waals surface area (Å²) in [4.78, 5) is 29.9. The van der Waals surface area contributed by atoms with E-state index in [1.807, 2.05) is 20.8 Å². The molecule has 1 amide bonds. The third kappa shape index (κ3) is 4.76. The number of carbonyl (C=O) groups is 1. The standard InChI is InChI=1S/C13H17N5O3S2/c1-4-7(22-12-14-8(19)5-9(20)15-12)10(21)16-13-18-17-11(23-13)6(2)3/h5-7H,4H2,1-3H3,(H,16,18,21)(H2,14,15,19,20)/t7-/m1/s1. The van der Waals surface area contributed by atoms with Crippen molar-refractivity contribution in [1.29, 1.82) is 0 Å². The molecule has 3 N–H and O–H groups in total. The number of nitrogens with one attached hydrogen (secondary N) is 2. The lowest BCUT2D eigenvalue weighted by Gasteiger charge is -2.12. The zero-order valence-corrected chi connectivity index (χ0v) is 14.5. The molecule has 8 nitrogen and oxygen atoms in total. The van der Waals surface area contributed by atoms with Crippen molar-refractivity contribution in [3.8, 4) is 5.88 Å². The average molecular weight is 355 g/mol. The lowest BCUT2D eigenvalue weighted by Crippen LogP contribution is -2.25. The molecule has 124 valence electrons. The highest BCUT2D eigenvalue weighted by Gasteiger charge is 2.21. The first-order chi connectivity index (χ1) is 10.9. The van der Waals surface area contributed by atoms with Gasteiger partial charge >= 0.3 is 0 Å². The molecule has 0 saturated carbocycles. The summed E-state index contributed by atoms with van der Waals surface area (Å²) in [5.74, 6) is -0.386. The smallest absolute Gasteiger partial charge is 0.255 e. The lowest BCUT2D eigenvalue weighted by molar-refractivity contribution is -0.115. The van der Waals surface area contributed by atoms with Gasteiger partial charge in [-0.15, -0.1) is 10.2 Å². The fourth-order valence-corrected chi connectivity index (χ4v) is 3.30. The summed E-state index contributed by atoms with van der Waals surface area (Å²) in [7, 11) is 0. The van der Waals surface area contributed by atoms with Crippen molar-refractivity contribution < 1.29 is 9.90 Å². The number of amides is 1.